The molecule has 1 saturated carbocycles. The SMILES string of the molecule is CC(NS(=O)(=O)c1cc(C(=O)O)cc(F)c1F)C1CC1. The Balaban J connectivity index is 2.41. The van der Waals surface area contributed by atoms with Crippen molar-refractivity contribution in [3.05, 3.63) is 29.3 Å². The first-order valence-corrected chi connectivity index (χ1v) is 7.45. The summed E-state index contributed by atoms with van der Waals surface area (Å²) in [6, 6.07) is 0.653. The molecule has 2 rings (SSSR count). The zero-order valence-corrected chi connectivity index (χ0v) is 11.4. The number of sulfonamides is 1. The molecule has 1 fully saturated rings. The summed E-state index contributed by atoms with van der Waals surface area (Å²) in [5.41, 5.74) is -0.622. The number of rotatable bonds is 5. The fourth-order valence-electron chi connectivity index (χ4n) is 1.88. The second kappa shape index (κ2) is 5.10. The molecule has 0 aliphatic heterocycles. The number of carbonyl (C=O) groups is 1. The number of carboxylic acid groups (broad SMARTS) is 1. The standard InChI is InChI=1S/C12H13F2NO4S/c1-6(7-2-3-7)15-20(18,19)10-5-8(12(16)17)4-9(13)11(10)14/h4-7,15H,2-3H2,1H3,(H,16,17). The van der Waals surface area contributed by atoms with Crippen molar-refractivity contribution in [2.75, 3.05) is 0 Å². The zero-order valence-electron chi connectivity index (χ0n) is 10.6. The van der Waals surface area contributed by atoms with Gasteiger partial charge in [-0.3, -0.25) is 0 Å². The molecule has 1 aliphatic carbocycles. The molecule has 1 aromatic carbocycles. The van der Waals surface area contributed by atoms with Crippen molar-refractivity contribution in [2.24, 2.45) is 5.92 Å². The molecule has 0 radical (unpaired) electrons. The minimum Gasteiger partial charge on any atom is -0.478 e. The van der Waals surface area contributed by atoms with E-state index in [2.05, 4.69) is 4.72 Å². The first kappa shape index (κ1) is 14.9. The molecular formula is C12H13F2NO4S. The van der Waals surface area contributed by atoms with Gasteiger partial charge in [-0.2, -0.15) is 0 Å². The first-order chi connectivity index (χ1) is 9.22. The minimum absolute atomic E-state index is 0.181. The predicted octanol–water partition coefficient (Wildman–Crippen LogP) is 1.74. The molecule has 0 spiro atoms. The highest BCUT2D eigenvalue weighted by atomic mass is 32.2. The van der Waals surface area contributed by atoms with Crippen molar-refractivity contribution >= 4 is 16.0 Å². The van der Waals surface area contributed by atoms with Crippen LogP contribution in [0.2, 0.25) is 0 Å². The number of nitrogens with one attached hydrogen (secondary N) is 1. The summed E-state index contributed by atoms with van der Waals surface area (Å²) < 4.78 is 53.2. The fraction of sp³-hybridized carbons (Fsp3) is 0.417. The van der Waals surface area contributed by atoms with Crippen molar-refractivity contribution in [3.63, 3.8) is 0 Å². The molecule has 110 valence electrons. The Morgan fingerprint density at radius 1 is 1.40 bits per heavy atom. The van der Waals surface area contributed by atoms with E-state index in [4.69, 9.17) is 5.11 Å². The van der Waals surface area contributed by atoms with Crippen LogP contribution in [0.25, 0.3) is 0 Å². The lowest BCUT2D eigenvalue weighted by Crippen LogP contribution is -2.34. The van der Waals surface area contributed by atoms with E-state index in [-0.39, 0.29) is 5.92 Å². The fourth-order valence-corrected chi connectivity index (χ4v) is 3.31. The lowest BCUT2D eigenvalue weighted by molar-refractivity contribution is 0.0696. The van der Waals surface area contributed by atoms with Crippen LogP contribution in [0, 0.1) is 17.6 Å². The average Bonchev–Trinajstić information content (AvgIpc) is 3.15. The van der Waals surface area contributed by atoms with Gasteiger partial charge in [0.2, 0.25) is 10.0 Å². The van der Waals surface area contributed by atoms with Gasteiger partial charge in [0.15, 0.2) is 11.6 Å². The minimum atomic E-state index is -4.30. The first-order valence-electron chi connectivity index (χ1n) is 5.97. The molecule has 0 saturated heterocycles. The maximum atomic E-state index is 13.6. The van der Waals surface area contributed by atoms with E-state index in [0.29, 0.717) is 12.1 Å². The smallest absolute Gasteiger partial charge is 0.335 e. The van der Waals surface area contributed by atoms with Gasteiger partial charge in [0.1, 0.15) is 4.90 Å². The molecule has 0 bridgehead atoms. The van der Waals surface area contributed by atoms with Crippen LogP contribution in [0.4, 0.5) is 8.78 Å². The number of benzene rings is 1. The molecule has 0 amide bonds. The molecule has 1 aromatic rings. The maximum absolute atomic E-state index is 13.6. The Morgan fingerprint density at radius 3 is 2.50 bits per heavy atom. The van der Waals surface area contributed by atoms with Crippen molar-refractivity contribution in [2.45, 2.75) is 30.7 Å². The van der Waals surface area contributed by atoms with Gasteiger partial charge in [0.05, 0.1) is 5.56 Å². The molecule has 20 heavy (non-hydrogen) atoms. The second-order valence-corrected chi connectivity index (χ2v) is 6.51. The highest BCUT2D eigenvalue weighted by Gasteiger charge is 2.33. The quantitative estimate of drug-likeness (QED) is 0.868. The van der Waals surface area contributed by atoms with Gasteiger partial charge < -0.3 is 5.11 Å². The lowest BCUT2D eigenvalue weighted by Gasteiger charge is -2.14. The van der Waals surface area contributed by atoms with E-state index in [1.54, 1.807) is 6.92 Å². The van der Waals surface area contributed by atoms with Crippen molar-refractivity contribution in [3.8, 4) is 0 Å². The summed E-state index contributed by atoms with van der Waals surface area (Å²) in [5.74, 6) is -4.44. The van der Waals surface area contributed by atoms with Crippen LogP contribution in [-0.4, -0.2) is 25.5 Å². The summed E-state index contributed by atoms with van der Waals surface area (Å²) in [7, 11) is -4.30. The summed E-state index contributed by atoms with van der Waals surface area (Å²) >= 11 is 0. The Bertz CT molecular complexity index is 656. The van der Waals surface area contributed by atoms with Gasteiger partial charge in [-0.1, -0.05) is 0 Å². The number of aromatic carboxylic acids is 1. The molecular weight excluding hydrogens is 292 g/mol. The van der Waals surface area contributed by atoms with Gasteiger partial charge in [0.25, 0.3) is 0 Å². The molecule has 2 N–H and O–H groups in total. The highest BCUT2D eigenvalue weighted by molar-refractivity contribution is 7.89. The van der Waals surface area contributed by atoms with E-state index < -0.39 is 44.1 Å². The van der Waals surface area contributed by atoms with Crippen LogP contribution in [0.5, 0.6) is 0 Å². The summed E-state index contributed by atoms with van der Waals surface area (Å²) in [4.78, 5) is 9.80. The van der Waals surface area contributed by atoms with E-state index in [0.717, 1.165) is 12.8 Å². The van der Waals surface area contributed by atoms with Crippen LogP contribution < -0.4 is 4.72 Å². The average molecular weight is 305 g/mol. The Kier molecular flexibility index (Phi) is 3.79. The molecule has 1 aliphatic rings. The third kappa shape index (κ3) is 2.96. The van der Waals surface area contributed by atoms with Crippen LogP contribution in [0.15, 0.2) is 17.0 Å². The molecule has 1 atom stereocenters. The highest BCUT2D eigenvalue weighted by Crippen LogP contribution is 2.33. The lowest BCUT2D eigenvalue weighted by atomic mass is 10.2. The molecule has 5 nitrogen and oxygen atoms in total. The molecule has 0 aromatic heterocycles. The summed E-state index contributed by atoms with van der Waals surface area (Å²) in [5, 5.41) is 8.77. The van der Waals surface area contributed by atoms with E-state index in [1.807, 2.05) is 0 Å². The van der Waals surface area contributed by atoms with E-state index in [1.165, 1.54) is 0 Å². The maximum Gasteiger partial charge on any atom is 0.335 e. The molecule has 0 heterocycles. The number of halogens is 2. The van der Waals surface area contributed by atoms with Gasteiger partial charge in [-0.25, -0.2) is 26.7 Å². The number of hydrogen-bond acceptors (Lipinski definition) is 3. The predicted molar refractivity (Wildman–Crippen MR) is 65.8 cm³/mol. The normalized spacial score (nSPS) is 16.9. The Morgan fingerprint density at radius 2 is 2.00 bits per heavy atom. The monoisotopic (exact) mass is 305 g/mol. The molecule has 1 unspecified atom stereocenters. The van der Waals surface area contributed by atoms with Crippen molar-refractivity contribution in [1.82, 2.24) is 4.72 Å². The van der Waals surface area contributed by atoms with Crippen LogP contribution in [0.1, 0.15) is 30.1 Å². The van der Waals surface area contributed by atoms with Crippen molar-refractivity contribution < 1.29 is 27.1 Å². The third-order valence-electron chi connectivity index (χ3n) is 3.20. The van der Waals surface area contributed by atoms with E-state index >= 15 is 0 Å². The second-order valence-electron chi connectivity index (χ2n) is 4.82. The molecule has 8 heteroatoms. The van der Waals surface area contributed by atoms with E-state index in [9.17, 15) is 22.0 Å². The zero-order chi connectivity index (χ0) is 15.1. The Hall–Kier alpha value is -1.54. The Labute approximate surface area is 114 Å². The topological polar surface area (TPSA) is 83.5 Å². The summed E-state index contributed by atoms with van der Waals surface area (Å²) in [6.07, 6.45) is 1.74. The third-order valence-corrected chi connectivity index (χ3v) is 4.76. The number of hydrogen-bond donors (Lipinski definition) is 2. The van der Waals surface area contributed by atoms with Gasteiger partial charge in [-0.05, 0) is 37.8 Å². The van der Waals surface area contributed by atoms with Crippen LogP contribution >= 0.6 is 0 Å². The largest absolute Gasteiger partial charge is 0.478 e. The van der Waals surface area contributed by atoms with Gasteiger partial charge >= 0.3 is 5.97 Å². The van der Waals surface area contributed by atoms with Crippen LogP contribution in [-0.2, 0) is 10.0 Å². The number of carboxylic acids is 1. The van der Waals surface area contributed by atoms with Gasteiger partial charge in [-0.15, -0.1) is 0 Å². The van der Waals surface area contributed by atoms with Crippen molar-refractivity contribution in [1.29, 1.82) is 0 Å². The summed E-state index contributed by atoms with van der Waals surface area (Å²) in [6.45, 7) is 1.63. The van der Waals surface area contributed by atoms with Crippen LogP contribution in [0.3, 0.4) is 0 Å². The van der Waals surface area contributed by atoms with Gasteiger partial charge in [0, 0.05) is 6.04 Å².